The van der Waals surface area contributed by atoms with Gasteiger partial charge in [0.05, 0.1) is 7.11 Å². The third-order valence-corrected chi connectivity index (χ3v) is 4.20. The van der Waals surface area contributed by atoms with Gasteiger partial charge in [0.1, 0.15) is 6.04 Å². The summed E-state index contributed by atoms with van der Waals surface area (Å²) in [6, 6.07) is 7.03. The van der Waals surface area contributed by atoms with E-state index in [1.54, 1.807) is 0 Å². The number of amides is 1. The Morgan fingerprint density at radius 2 is 2.04 bits per heavy atom. The number of aryl methyl sites for hydroxylation is 1. The molecule has 0 aliphatic heterocycles. The first-order valence-electron chi connectivity index (χ1n) is 8.03. The van der Waals surface area contributed by atoms with E-state index in [4.69, 9.17) is 16.3 Å². The second-order valence-corrected chi connectivity index (χ2v) is 6.61. The summed E-state index contributed by atoms with van der Waals surface area (Å²) < 4.78 is 6.74. The molecule has 24 heavy (non-hydrogen) atoms. The number of carbonyl (C=O) groups is 2. The molecule has 0 saturated carbocycles. The summed E-state index contributed by atoms with van der Waals surface area (Å²) in [5, 5.41) is 4.43. The largest absolute Gasteiger partial charge is 0.467 e. The van der Waals surface area contributed by atoms with Crippen LogP contribution in [0.25, 0.3) is 10.9 Å². The Morgan fingerprint density at radius 1 is 1.29 bits per heavy atom. The van der Waals surface area contributed by atoms with Crippen molar-refractivity contribution in [1.29, 1.82) is 0 Å². The summed E-state index contributed by atoms with van der Waals surface area (Å²) in [7, 11) is 1.33. The van der Waals surface area contributed by atoms with E-state index in [1.165, 1.54) is 7.11 Å². The van der Waals surface area contributed by atoms with Crippen molar-refractivity contribution in [1.82, 2.24) is 9.88 Å². The maximum Gasteiger partial charge on any atom is 0.328 e. The van der Waals surface area contributed by atoms with Crippen molar-refractivity contribution in [3.63, 3.8) is 0 Å². The molecule has 1 atom stereocenters. The van der Waals surface area contributed by atoms with Crippen molar-refractivity contribution in [3.8, 4) is 0 Å². The Kier molecular flexibility index (Phi) is 6.26. The van der Waals surface area contributed by atoms with Crippen LogP contribution in [0, 0.1) is 5.92 Å². The molecule has 1 N–H and O–H groups in total. The minimum Gasteiger partial charge on any atom is -0.467 e. The number of benzene rings is 1. The summed E-state index contributed by atoms with van der Waals surface area (Å²) in [4.78, 5) is 24.0. The van der Waals surface area contributed by atoms with Crippen molar-refractivity contribution >= 4 is 34.4 Å². The average Bonchev–Trinajstić information content (AvgIpc) is 2.95. The predicted octanol–water partition coefficient (Wildman–Crippen LogP) is 3.39. The van der Waals surface area contributed by atoms with E-state index in [0.29, 0.717) is 18.0 Å². The van der Waals surface area contributed by atoms with Gasteiger partial charge in [0.15, 0.2) is 0 Å². The normalized spacial score (nSPS) is 12.4. The van der Waals surface area contributed by atoms with Crippen molar-refractivity contribution in [2.45, 2.75) is 39.3 Å². The van der Waals surface area contributed by atoms with E-state index in [2.05, 4.69) is 5.32 Å². The molecular weight excluding hydrogens is 328 g/mol. The lowest BCUT2D eigenvalue weighted by Gasteiger charge is -2.18. The van der Waals surface area contributed by atoms with Gasteiger partial charge in [-0.15, -0.1) is 0 Å². The minimum absolute atomic E-state index is 0.171. The highest BCUT2D eigenvalue weighted by molar-refractivity contribution is 6.35. The molecule has 0 bridgehead atoms. The van der Waals surface area contributed by atoms with Gasteiger partial charge >= 0.3 is 5.97 Å². The number of methoxy groups -OCH3 is 1. The molecule has 2 aromatic rings. The molecule has 1 aromatic carbocycles. The van der Waals surface area contributed by atoms with Gasteiger partial charge < -0.3 is 14.6 Å². The Hall–Kier alpha value is -2.01. The van der Waals surface area contributed by atoms with Crippen molar-refractivity contribution in [2.75, 3.05) is 7.11 Å². The predicted molar refractivity (Wildman–Crippen MR) is 95.0 cm³/mol. The second-order valence-electron chi connectivity index (χ2n) is 6.20. The van der Waals surface area contributed by atoms with Crippen LogP contribution in [-0.4, -0.2) is 29.6 Å². The fourth-order valence-corrected chi connectivity index (χ4v) is 2.93. The summed E-state index contributed by atoms with van der Waals surface area (Å²) >= 11 is 6.16. The molecule has 1 aromatic heterocycles. The van der Waals surface area contributed by atoms with Crippen LogP contribution >= 0.6 is 11.6 Å². The second kappa shape index (κ2) is 8.20. The van der Waals surface area contributed by atoms with Gasteiger partial charge in [-0.3, -0.25) is 4.79 Å². The quantitative estimate of drug-likeness (QED) is 0.779. The van der Waals surface area contributed by atoms with Crippen LogP contribution in [-0.2, 0) is 20.9 Å². The monoisotopic (exact) mass is 350 g/mol. The molecule has 0 aliphatic carbocycles. The zero-order chi connectivity index (χ0) is 17.7. The molecule has 0 radical (unpaired) electrons. The number of hydrogen-bond donors (Lipinski definition) is 1. The zero-order valence-electron chi connectivity index (χ0n) is 14.2. The van der Waals surface area contributed by atoms with Crippen LogP contribution in [0.3, 0.4) is 0 Å². The Bertz CT molecular complexity index is 724. The molecule has 0 spiro atoms. The molecule has 1 amide bonds. The highest BCUT2D eigenvalue weighted by atomic mass is 35.5. The number of rotatable bonds is 7. The number of fused-ring (bicyclic) bond motifs is 1. The molecule has 2 rings (SSSR count). The van der Waals surface area contributed by atoms with Gasteiger partial charge in [-0.2, -0.15) is 0 Å². The summed E-state index contributed by atoms with van der Waals surface area (Å²) in [6.45, 7) is 4.51. The van der Waals surface area contributed by atoms with E-state index in [-0.39, 0.29) is 18.2 Å². The van der Waals surface area contributed by atoms with E-state index in [1.807, 2.05) is 48.9 Å². The molecule has 5 nitrogen and oxygen atoms in total. The van der Waals surface area contributed by atoms with Crippen LogP contribution in [0.2, 0.25) is 5.02 Å². The summed E-state index contributed by atoms with van der Waals surface area (Å²) in [6.07, 6.45) is 2.75. The maximum atomic E-state index is 12.2. The fraction of sp³-hybridized carbons (Fsp3) is 0.444. The molecule has 0 saturated heterocycles. The van der Waals surface area contributed by atoms with Gasteiger partial charge in [-0.25, -0.2) is 4.79 Å². The van der Waals surface area contributed by atoms with Gasteiger partial charge in [0, 0.05) is 35.1 Å². The number of nitrogens with one attached hydrogen (secondary N) is 1. The van der Waals surface area contributed by atoms with Crippen molar-refractivity contribution < 1.29 is 14.3 Å². The van der Waals surface area contributed by atoms with Crippen LogP contribution in [0.1, 0.15) is 26.7 Å². The molecule has 130 valence electrons. The molecule has 0 fully saturated rings. The minimum atomic E-state index is -0.599. The third-order valence-electron chi connectivity index (χ3n) is 3.87. The van der Waals surface area contributed by atoms with E-state index in [0.717, 1.165) is 10.9 Å². The van der Waals surface area contributed by atoms with Gasteiger partial charge in [-0.1, -0.05) is 31.5 Å². The first-order chi connectivity index (χ1) is 11.4. The molecule has 0 aliphatic rings. The van der Waals surface area contributed by atoms with Gasteiger partial charge in [0.25, 0.3) is 0 Å². The highest BCUT2D eigenvalue weighted by Gasteiger charge is 2.22. The van der Waals surface area contributed by atoms with Crippen molar-refractivity contribution in [3.05, 3.63) is 35.5 Å². The highest BCUT2D eigenvalue weighted by Crippen LogP contribution is 2.24. The lowest BCUT2D eigenvalue weighted by atomic mass is 10.0. The number of hydrogen-bond acceptors (Lipinski definition) is 3. The van der Waals surface area contributed by atoms with E-state index >= 15 is 0 Å². The molecular formula is C18H23ClN2O3. The Morgan fingerprint density at radius 3 is 2.71 bits per heavy atom. The van der Waals surface area contributed by atoms with Crippen LogP contribution in [0.4, 0.5) is 0 Å². The Labute approximate surface area is 146 Å². The van der Waals surface area contributed by atoms with Crippen LogP contribution < -0.4 is 5.32 Å². The van der Waals surface area contributed by atoms with Crippen LogP contribution in [0.15, 0.2) is 30.5 Å². The third kappa shape index (κ3) is 4.51. The average molecular weight is 351 g/mol. The lowest BCUT2D eigenvalue weighted by molar-refractivity contribution is -0.145. The van der Waals surface area contributed by atoms with E-state index in [9.17, 15) is 9.59 Å². The van der Waals surface area contributed by atoms with Gasteiger partial charge in [0.2, 0.25) is 5.91 Å². The number of esters is 1. The molecule has 1 heterocycles. The summed E-state index contributed by atoms with van der Waals surface area (Å²) in [5.74, 6) is -0.296. The summed E-state index contributed by atoms with van der Waals surface area (Å²) in [5.41, 5.74) is 0.988. The fourth-order valence-electron chi connectivity index (χ4n) is 2.70. The maximum absolute atomic E-state index is 12.2. The van der Waals surface area contributed by atoms with Gasteiger partial charge in [-0.05, 0) is 30.5 Å². The number of carbonyl (C=O) groups excluding carboxylic acids is 2. The number of halogens is 1. The molecule has 0 unspecified atom stereocenters. The van der Waals surface area contributed by atoms with Crippen LogP contribution in [0.5, 0.6) is 0 Å². The molecule has 6 heteroatoms. The topological polar surface area (TPSA) is 60.3 Å². The van der Waals surface area contributed by atoms with Crippen molar-refractivity contribution in [2.24, 2.45) is 5.92 Å². The van der Waals surface area contributed by atoms with E-state index < -0.39 is 12.0 Å². The number of ether oxygens (including phenoxy) is 1. The standard InChI is InChI=1S/C18H23ClN2O3/c1-12(2)11-15(18(23)24-3)20-17(22)8-10-21-9-7-13-14(19)5-4-6-16(13)21/h4-7,9,12,15H,8,10-11H2,1-3H3,(H,20,22)/t15-/m0/s1. The number of aromatic nitrogens is 1. The smallest absolute Gasteiger partial charge is 0.328 e. The number of nitrogens with zero attached hydrogens (tertiary/aromatic N) is 1. The SMILES string of the molecule is COC(=O)[C@H](CC(C)C)NC(=O)CCn1ccc2c(Cl)cccc21. The lowest BCUT2D eigenvalue weighted by Crippen LogP contribution is -2.42. The first-order valence-corrected chi connectivity index (χ1v) is 8.40. The zero-order valence-corrected chi connectivity index (χ0v) is 15.0. The first kappa shape index (κ1) is 18.3. The Balaban J connectivity index is 1.98.